The topological polar surface area (TPSA) is 107 Å². The smallest absolute Gasteiger partial charge is 0.430 e. The van der Waals surface area contributed by atoms with E-state index >= 15 is 0 Å². The number of aliphatic hydroxyl groups is 1. The normalized spacial score (nSPS) is 16.4. The average Bonchev–Trinajstić information content (AvgIpc) is 2.63. The van der Waals surface area contributed by atoms with Crippen molar-refractivity contribution in [3.63, 3.8) is 0 Å². The summed E-state index contributed by atoms with van der Waals surface area (Å²) >= 11 is 5.91. The molecule has 0 aromatic heterocycles. The molecule has 160 valence electrons. The van der Waals surface area contributed by atoms with Crippen molar-refractivity contribution in [2.75, 3.05) is 27.0 Å². The molecule has 29 heavy (non-hydrogen) atoms. The number of carbonyl (C=O) groups excluding carboxylic acids is 1. The summed E-state index contributed by atoms with van der Waals surface area (Å²) in [6.07, 6.45) is -6.46. The lowest BCUT2D eigenvalue weighted by Crippen LogP contribution is -2.41. The van der Waals surface area contributed by atoms with Gasteiger partial charge in [0.05, 0.1) is 30.7 Å². The number of fused-ring (bicyclic) bond motifs is 1. The molecular weight excluding hydrogens is 423 g/mol. The van der Waals surface area contributed by atoms with E-state index in [1.54, 1.807) is 0 Å². The molecule has 0 radical (unpaired) electrons. The minimum atomic E-state index is -4.89. The summed E-state index contributed by atoms with van der Waals surface area (Å²) in [7, 11) is 1.30. The van der Waals surface area contributed by atoms with Crippen molar-refractivity contribution in [2.45, 2.75) is 19.2 Å². The molecule has 0 saturated carbocycles. The highest BCUT2D eigenvalue weighted by Gasteiger charge is 2.49. The van der Waals surface area contributed by atoms with Crippen molar-refractivity contribution in [3.8, 4) is 5.75 Å². The maximum Gasteiger partial charge on any atom is 0.430 e. The molecule has 1 aromatic rings. The van der Waals surface area contributed by atoms with Gasteiger partial charge in [-0.3, -0.25) is 0 Å². The van der Waals surface area contributed by atoms with Crippen LogP contribution in [0.5, 0.6) is 5.75 Å². The molecule has 1 N–H and O–H groups in total. The number of esters is 1. The molecule has 0 aliphatic carbocycles. The number of hydrogen-bond donors (Lipinski definition) is 1. The molecule has 0 unspecified atom stereocenters. The second-order valence-electron chi connectivity index (χ2n) is 5.90. The molecule has 13 heteroatoms. The Hall–Kier alpha value is -2.73. The number of carbonyl (C=O) groups is 1. The van der Waals surface area contributed by atoms with E-state index in [-0.39, 0.29) is 34.5 Å². The summed E-state index contributed by atoms with van der Waals surface area (Å²) in [6.45, 7) is 0.230. The lowest BCUT2D eigenvalue weighted by Gasteiger charge is -2.28. The number of nitrogens with zero attached hydrogens (tertiary/aromatic N) is 3. The molecule has 1 heterocycles. The van der Waals surface area contributed by atoms with Crippen molar-refractivity contribution >= 4 is 23.6 Å². The van der Waals surface area contributed by atoms with E-state index in [2.05, 4.69) is 14.9 Å². The van der Waals surface area contributed by atoms with E-state index in [9.17, 15) is 23.2 Å². The van der Waals surface area contributed by atoms with Gasteiger partial charge in [0, 0.05) is 10.6 Å². The molecule has 0 saturated heterocycles. The second kappa shape index (κ2) is 9.18. The second-order valence-corrected chi connectivity index (χ2v) is 6.33. The predicted octanol–water partition coefficient (Wildman–Crippen LogP) is 2.59. The third-order valence-corrected chi connectivity index (χ3v) is 3.93. The Morgan fingerprint density at radius 2 is 2.17 bits per heavy atom. The number of ether oxygens (including phenoxy) is 2. The molecule has 1 aliphatic rings. The highest BCUT2D eigenvalue weighted by atomic mass is 35.5. The summed E-state index contributed by atoms with van der Waals surface area (Å²) in [5.41, 5.74) is -0.258. The summed E-state index contributed by atoms with van der Waals surface area (Å²) in [4.78, 5) is 16.6. The number of hydrogen-bond acceptors (Lipinski definition) is 7. The third-order valence-electron chi connectivity index (χ3n) is 3.72. The molecule has 1 aromatic carbocycles. The maximum atomic E-state index is 13.4. The van der Waals surface area contributed by atoms with Crippen molar-refractivity contribution in [1.82, 2.24) is 5.01 Å². The first-order valence-corrected chi connectivity index (χ1v) is 8.46. The zero-order chi connectivity index (χ0) is 21.8. The number of aliphatic hydroxyl groups excluding tert-OH is 1. The Labute approximate surface area is 168 Å². The summed E-state index contributed by atoms with van der Waals surface area (Å²) in [5.74, 6) is -1.42. The number of hydrazine groups is 1. The Morgan fingerprint density at radius 1 is 1.48 bits per heavy atom. The van der Waals surface area contributed by atoms with E-state index in [1.165, 1.54) is 26.1 Å². The number of likely N-dealkylation sites (N-methyl/N-ethyl adjacent to an activating group) is 1. The first-order valence-electron chi connectivity index (χ1n) is 8.09. The Bertz CT molecular complexity index is 831. The van der Waals surface area contributed by atoms with Gasteiger partial charge >= 0.3 is 12.1 Å². The number of alkyl halides is 3. The minimum absolute atomic E-state index is 0.0351. The SMILES string of the molecule is Cc1cc(Cl)cc2c1O[C@H](C(F)(F)F)C(C(=O)OCON=[N+]([O-])N(C)CCO)=C2. The van der Waals surface area contributed by atoms with Crippen LogP contribution in [-0.4, -0.2) is 60.3 Å². The maximum absolute atomic E-state index is 13.4. The first kappa shape index (κ1) is 22.6. The minimum Gasteiger partial charge on any atom is -0.569 e. The van der Waals surface area contributed by atoms with Crippen LogP contribution >= 0.6 is 11.6 Å². The van der Waals surface area contributed by atoms with Gasteiger partial charge in [-0.2, -0.15) is 13.2 Å². The number of aryl methyl sites for hydroxylation is 1. The van der Waals surface area contributed by atoms with E-state index < -0.39 is 30.6 Å². The van der Waals surface area contributed by atoms with Crippen LogP contribution in [-0.2, 0) is 14.4 Å². The van der Waals surface area contributed by atoms with Gasteiger partial charge in [0.15, 0.2) is 0 Å². The van der Waals surface area contributed by atoms with Crippen LogP contribution in [0.25, 0.3) is 6.08 Å². The summed E-state index contributed by atoms with van der Waals surface area (Å²) < 4.78 is 49.8. The third kappa shape index (κ3) is 5.64. The van der Waals surface area contributed by atoms with E-state index in [0.29, 0.717) is 5.56 Å². The Kier molecular flexibility index (Phi) is 7.14. The summed E-state index contributed by atoms with van der Waals surface area (Å²) in [5, 5.41) is 24.3. The van der Waals surface area contributed by atoms with Crippen LogP contribution < -0.4 is 4.74 Å². The van der Waals surface area contributed by atoms with Crippen LogP contribution in [0, 0.1) is 12.1 Å². The van der Waals surface area contributed by atoms with Gasteiger partial charge in [-0.05, 0) is 30.7 Å². The largest absolute Gasteiger partial charge is 0.569 e. The molecule has 0 amide bonds. The zero-order valence-corrected chi connectivity index (χ0v) is 16.0. The lowest BCUT2D eigenvalue weighted by molar-refractivity contribution is -0.706. The molecular formula is C16H17ClF3N3O6. The average molecular weight is 440 g/mol. The molecule has 9 nitrogen and oxygen atoms in total. The van der Waals surface area contributed by atoms with Crippen LogP contribution in [0.1, 0.15) is 11.1 Å². The zero-order valence-electron chi connectivity index (χ0n) is 15.3. The molecule has 1 aliphatic heterocycles. The number of rotatable bonds is 7. The van der Waals surface area contributed by atoms with Gasteiger partial charge in [-0.1, -0.05) is 11.6 Å². The highest BCUT2D eigenvalue weighted by Crippen LogP contribution is 2.40. The van der Waals surface area contributed by atoms with E-state index in [1.807, 2.05) is 0 Å². The molecule has 1 atom stereocenters. The van der Waals surface area contributed by atoms with Gasteiger partial charge < -0.3 is 24.6 Å². The van der Waals surface area contributed by atoms with Gasteiger partial charge in [0.2, 0.25) is 11.4 Å². The van der Waals surface area contributed by atoms with Crippen LogP contribution in [0.3, 0.4) is 0 Å². The molecule has 0 fully saturated rings. The Balaban J connectivity index is 2.15. The monoisotopic (exact) mass is 439 g/mol. The van der Waals surface area contributed by atoms with E-state index in [4.69, 9.17) is 21.4 Å². The highest BCUT2D eigenvalue weighted by molar-refractivity contribution is 6.30. The van der Waals surface area contributed by atoms with Gasteiger partial charge in [-0.25, -0.2) is 4.79 Å². The predicted molar refractivity (Wildman–Crippen MR) is 92.5 cm³/mol. The van der Waals surface area contributed by atoms with Crippen molar-refractivity contribution in [1.29, 1.82) is 0 Å². The summed E-state index contributed by atoms with van der Waals surface area (Å²) in [6, 6.07) is 2.78. The van der Waals surface area contributed by atoms with Crippen LogP contribution in [0.2, 0.25) is 5.02 Å². The standard InChI is InChI=1S/C16H17ClF3N3O6/c1-9-5-11(17)6-10-7-12(14(16(18,19)20)29-13(9)10)15(25)27-8-28-21-23(26)22(2)3-4-24/h5-7,14,24H,3-4,8H2,1-2H3/t14-/m0/s1. The number of benzene rings is 1. The van der Waals surface area contributed by atoms with Crippen LogP contribution in [0.15, 0.2) is 23.0 Å². The molecule has 0 bridgehead atoms. The fraction of sp³-hybridized carbons (Fsp3) is 0.438. The van der Waals surface area contributed by atoms with Crippen molar-refractivity contribution in [3.05, 3.63) is 39.1 Å². The van der Waals surface area contributed by atoms with Crippen molar-refractivity contribution < 1.29 is 42.4 Å². The fourth-order valence-corrected chi connectivity index (χ4v) is 2.67. The molecule has 0 spiro atoms. The number of halogens is 4. The molecule has 2 rings (SSSR count). The first-order chi connectivity index (χ1) is 13.5. The van der Waals surface area contributed by atoms with Gasteiger partial charge in [0.25, 0.3) is 6.79 Å². The van der Waals surface area contributed by atoms with Crippen molar-refractivity contribution in [2.24, 2.45) is 5.28 Å². The van der Waals surface area contributed by atoms with E-state index in [0.717, 1.165) is 11.1 Å². The lowest BCUT2D eigenvalue weighted by atomic mass is 9.99. The van der Waals surface area contributed by atoms with Gasteiger partial charge in [0.1, 0.15) is 5.75 Å². The van der Waals surface area contributed by atoms with Gasteiger partial charge in [-0.15, -0.1) is 5.01 Å². The Morgan fingerprint density at radius 3 is 2.79 bits per heavy atom. The fourth-order valence-electron chi connectivity index (χ4n) is 2.39. The quantitative estimate of drug-likeness (QED) is 0.174. The van der Waals surface area contributed by atoms with Crippen LogP contribution in [0.4, 0.5) is 13.2 Å².